The van der Waals surface area contributed by atoms with Crippen LogP contribution in [0.4, 0.5) is 0 Å². The van der Waals surface area contributed by atoms with Crippen LogP contribution < -0.4 is 10.6 Å². The normalized spacial score (nSPS) is 20.1. The van der Waals surface area contributed by atoms with Crippen LogP contribution in [0.3, 0.4) is 0 Å². The molecule has 174 valence electrons. The second-order valence-electron chi connectivity index (χ2n) is 9.01. The van der Waals surface area contributed by atoms with E-state index in [0.29, 0.717) is 18.6 Å². The van der Waals surface area contributed by atoms with Crippen LogP contribution in [-0.4, -0.2) is 44.3 Å². The summed E-state index contributed by atoms with van der Waals surface area (Å²) in [5.74, 6) is 2.55. The van der Waals surface area contributed by atoms with Gasteiger partial charge in [-0.25, -0.2) is 4.99 Å². The summed E-state index contributed by atoms with van der Waals surface area (Å²) in [5, 5.41) is 15.7. The molecule has 1 aliphatic rings. The van der Waals surface area contributed by atoms with Crippen LogP contribution in [0.15, 0.2) is 65.7 Å². The van der Waals surface area contributed by atoms with Gasteiger partial charge >= 0.3 is 0 Å². The van der Waals surface area contributed by atoms with E-state index in [0.717, 1.165) is 37.1 Å². The van der Waals surface area contributed by atoms with E-state index in [9.17, 15) is 0 Å². The molecule has 0 spiro atoms. The molecule has 7 heteroatoms. The summed E-state index contributed by atoms with van der Waals surface area (Å²) in [7, 11) is 1.98. The molecule has 33 heavy (non-hydrogen) atoms. The molecule has 1 aliphatic heterocycles. The van der Waals surface area contributed by atoms with Gasteiger partial charge in [-0.2, -0.15) is 0 Å². The number of aryl methyl sites for hydroxylation is 1. The van der Waals surface area contributed by atoms with Crippen LogP contribution in [0.25, 0.3) is 0 Å². The number of likely N-dealkylation sites (tertiary alicyclic amines) is 1. The van der Waals surface area contributed by atoms with Crippen LogP contribution >= 0.6 is 0 Å². The fraction of sp³-hybridized carbons (Fsp3) is 0.423. The maximum Gasteiger partial charge on any atom is 0.192 e. The lowest BCUT2D eigenvalue weighted by molar-refractivity contribution is 0.258. The van der Waals surface area contributed by atoms with Gasteiger partial charge in [0.15, 0.2) is 11.8 Å². The molecule has 3 aromatic rings. The highest BCUT2D eigenvalue weighted by Gasteiger charge is 2.29. The highest BCUT2D eigenvalue weighted by atomic mass is 15.3. The molecule has 3 atom stereocenters. The average Bonchev–Trinajstić information content (AvgIpc) is 3.34. The second-order valence-corrected chi connectivity index (χ2v) is 9.01. The second kappa shape index (κ2) is 10.6. The predicted octanol–water partition coefficient (Wildman–Crippen LogP) is 3.58. The first-order valence-corrected chi connectivity index (χ1v) is 11.7. The summed E-state index contributed by atoms with van der Waals surface area (Å²) in [4.78, 5) is 7.42. The number of nitrogens with one attached hydrogen (secondary N) is 2. The summed E-state index contributed by atoms with van der Waals surface area (Å²) < 4.78 is 1.99. The Morgan fingerprint density at radius 2 is 1.79 bits per heavy atom. The van der Waals surface area contributed by atoms with Crippen LogP contribution in [-0.2, 0) is 20.1 Å². The Labute approximate surface area is 197 Å². The Morgan fingerprint density at radius 1 is 1.09 bits per heavy atom. The van der Waals surface area contributed by atoms with Crippen LogP contribution in [0.5, 0.6) is 0 Å². The molecule has 4 rings (SSSR count). The van der Waals surface area contributed by atoms with Crippen molar-refractivity contribution in [1.29, 1.82) is 0 Å². The van der Waals surface area contributed by atoms with Gasteiger partial charge in [0.2, 0.25) is 0 Å². The van der Waals surface area contributed by atoms with E-state index in [1.54, 1.807) is 0 Å². The molecule has 2 N–H and O–H groups in total. The average molecular weight is 446 g/mol. The van der Waals surface area contributed by atoms with E-state index >= 15 is 0 Å². The van der Waals surface area contributed by atoms with E-state index in [-0.39, 0.29) is 6.04 Å². The van der Waals surface area contributed by atoms with E-state index in [2.05, 4.69) is 94.2 Å². The molecule has 0 aliphatic carbocycles. The summed E-state index contributed by atoms with van der Waals surface area (Å²) in [6.07, 6.45) is 1.08. The smallest absolute Gasteiger partial charge is 0.192 e. The summed E-state index contributed by atoms with van der Waals surface area (Å²) in [6, 6.07) is 22.1. The Hall–Kier alpha value is -3.19. The Kier molecular flexibility index (Phi) is 7.40. The van der Waals surface area contributed by atoms with Crippen LogP contribution in [0.1, 0.15) is 49.1 Å². The van der Waals surface area contributed by atoms with Gasteiger partial charge in [0.1, 0.15) is 12.4 Å². The van der Waals surface area contributed by atoms with E-state index < -0.39 is 0 Å². The van der Waals surface area contributed by atoms with Crippen molar-refractivity contribution in [1.82, 2.24) is 30.3 Å². The Morgan fingerprint density at radius 3 is 2.45 bits per heavy atom. The van der Waals surface area contributed by atoms with E-state index in [1.165, 1.54) is 11.1 Å². The van der Waals surface area contributed by atoms with Crippen LogP contribution in [0, 0.1) is 6.92 Å². The van der Waals surface area contributed by atoms with Gasteiger partial charge in [0.05, 0.1) is 6.04 Å². The molecule has 0 amide bonds. The zero-order chi connectivity index (χ0) is 23.2. The third kappa shape index (κ3) is 5.99. The third-order valence-electron chi connectivity index (χ3n) is 6.49. The van der Waals surface area contributed by atoms with Gasteiger partial charge in [0, 0.05) is 32.2 Å². The Bertz CT molecular complexity index is 1050. The van der Waals surface area contributed by atoms with Crippen molar-refractivity contribution in [2.75, 3.05) is 6.54 Å². The number of hydrogen-bond donors (Lipinski definition) is 2. The van der Waals surface area contributed by atoms with Crippen molar-refractivity contribution in [2.24, 2.45) is 12.0 Å². The molecular weight excluding hydrogens is 410 g/mol. The number of aromatic nitrogens is 3. The minimum atomic E-state index is 0.137. The van der Waals surface area contributed by atoms with E-state index in [1.807, 2.05) is 24.6 Å². The van der Waals surface area contributed by atoms with Crippen molar-refractivity contribution in [3.8, 4) is 0 Å². The van der Waals surface area contributed by atoms with Crippen molar-refractivity contribution in [3.63, 3.8) is 0 Å². The van der Waals surface area contributed by atoms with Crippen molar-refractivity contribution in [3.05, 3.63) is 83.4 Å². The lowest BCUT2D eigenvalue weighted by Crippen LogP contribution is -2.45. The number of nitrogens with zero attached hydrogens (tertiary/aromatic N) is 5. The minimum Gasteiger partial charge on any atom is -0.352 e. The number of rotatable bonds is 7. The summed E-state index contributed by atoms with van der Waals surface area (Å²) in [6.45, 7) is 8.86. The van der Waals surface area contributed by atoms with Crippen molar-refractivity contribution < 1.29 is 0 Å². The summed E-state index contributed by atoms with van der Waals surface area (Å²) >= 11 is 0. The Balaban J connectivity index is 1.45. The van der Waals surface area contributed by atoms with Gasteiger partial charge in [-0.05, 0) is 38.3 Å². The molecule has 0 radical (unpaired) electrons. The fourth-order valence-corrected chi connectivity index (χ4v) is 4.34. The number of guanidine groups is 1. The predicted molar refractivity (Wildman–Crippen MR) is 133 cm³/mol. The fourth-order valence-electron chi connectivity index (χ4n) is 4.34. The van der Waals surface area contributed by atoms with Crippen molar-refractivity contribution >= 4 is 5.96 Å². The van der Waals surface area contributed by atoms with Gasteiger partial charge in [-0.1, -0.05) is 60.7 Å². The topological polar surface area (TPSA) is 70.4 Å². The van der Waals surface area contributed by atoms with Crippen molar-refractivity contribution in [2.45, 2.75) is 58.4 Å². The monoisotopic (exact) mass is 445 g/mol. The van der Waals surface area contributed by atoms with Gasteiger partial charge in [0.25, 0.3) is 0 Å². The standard InChI is InChI=1S/C26H35N7/c1-19-15-24(18-33(19)17-22-11-7-5-8-12-22)29-26(27-16-25-31-30-21(3)32(25)4)28-20(2)23-13-9-6-10-14-23/h5-14,19-20,24H,15-18H2,1-4H3,(H2,27,28,29). The zero-order valence-electron chi connectivity index (χ0n) is 20.1. The van der Waals surface area contributed by atoms with Crippen LogP contribution in [0.2, 0.25) is 0 Å². The first-order chi connectivity index (χ1) is 16.0. The molecule has 0 saturated carbocycles. The molecule has 2 aromatic carbocycles. The highest BCUT2D eigenvalue weighted by molar-refractivity contribution is 5.80. The quantitative estimate of drug-likeness (QED) is 0.430. The number of aliphatic imine (C=N–C) groups is 1. The minimum absolute atomic E-state index is 0.137. The summed E-state index contributed by atoms with van der Waals surface area (Å²) in [5.41, 5.74) is 2.58. The van der Waals surface area contributed by atoms with Gasteiger partial charge in [-0.15, -0.1) is 10.2 Å². The molecule has 0 bridgehead atoms. The van der Waals surface area contributed by atoms with E-state index in [4.69, 9.17) is 4.99 Å². The highest BCUT2D eigenvalue weighted by Crippen LogP contribution is 2.20. The largest absolute Gasteiger partial charge is 0.352 e. The molecule has 1 saturated heterocycles. The lowest BCUT2D eigenvalue weighted by atomic mass is 10.1. The van der Waals surface area contributed by atoms with Gasteiger partial charge < -0.3 is 15.2 Å². The molecular formula is C26H35N7. The maximum absolute atomic E-state index is 4.88. The maximum atomic E-state index is 4.88. The molecule has 3 unspecified atom stereocenters. The first kappa shape index (κ1) is 23.0. The zero-order valence-corrected chi connectivity index (χ0v) is 20.1. The number of hydrogen-bond acceptors (Lipinski definition) is 4. The molecule has 1 fully saturated rings. The lowest BCUT2D eigenvalue weighted by Gasteiger charge is -2.23. The third-order valence-corrected chi connectivity index (χ3v) is 6.49. The van der Waals surface area contributed by atoms with Gasteiger partial charge in [-0.3, -0.25) is 4.90 Å². The number of benzene rings is 2. The first-order valence-electron chi connectivity index (χ1n) is 11.7. The molecule has 1 aromatic heterocycles. The molecule has 7 nitrogen and oxygen atoms in total. The molecule has 2 heterocycles. The SMILES string of the molecule is Cc1nnc(CN=C(NC2CC(C)N(Cc3ccccc3)C2)NC(C)c2ccccc2)n1C.